The summed E-state index contributed by atoms with van der Waals surface area (Å²) in [6, 6.07) is 5.84. The van der Waals surface area contributed by atoms with E-state index < -0.39 is 11.7 Å². The molecule has 3 heterocycles. The van der Waals surface area contributed by atoms with E-state index >= 15 is 0 Å². The van der Waals surface area contributed by atoms with Crippen molar-refractivity contribution in [1.82, 2.24) is 19.4 Å². The third kappa shape index (κ3) is 3.25. The lowest BCUT2D eigenvalue weighted by molar-refractivity contribution is -0.138. The van der Waals surface area contributed by atoms with Crippen LogP contribution in [0.25, 0.3) is 22.3 Å². The van der Waals surface area contributed by atoms with Crippen molar-refractivity contribution in [2.75, 3.05) is 19.6 Å². The van der Waals surface area contributed by atoms with E-state index in [0.29, 0.717) is 28.8 Å². The van der Waals surface area contributed by atoms with Crippen molar-refractivity contribution in [3.8, 4) is 11.1 Å². The number of aromatic nitrogens is 3. The molecule has 3 aromatic rings. The summed E-state index contributed by atoms with van der Waals surface area (Å²) >= 11 is 0. The third-order valence-corrected chi connectivity index (χ3v) is 5.17. The highest BCUT2D eigenvalue weighted by Gasteiger charge is 2.33. The number of pyridine rings is 1. The molecule has 0 aliphatic carbocycles. The Labute approximate surface area is 153 Å². The number of alkyl halides is 3. The van der Waals surface area contributed by atoms with Crippen molar-refractivity contribution < 1.29 is 13.2 Å². The van der Waals surface area contributed by atoms with Gasteiger partial charge in [0.1, 0.15) is 0 Å². The van der Waals surface area contributed by atoms with Gasteiger partial charge in [-0.05, 0) is 49.7 Å². The highest BCUT2D eigenvalue weighted by molar-refractivity contribution is 5.79. The second-order valence-corrected chi connectivity index (χ2v) is 6.84. The van der Waals surface area contributed by atoms with Crippen molar-refractivity contribution in [3.63, 3.8) is 0 Å². The smallest absolute Gasteiger partial charge is 0.301 e. The number of fused-ring (bicyclic) bond motifs is 1. The van der Waals surface area contributed by atoms with Gasteiger partial charge in [-0.15, -0.1) is 0 Å². The van der Waals surface area contributed by atoms with Crippen molar-refractivity contribution in [3.05, 3.63) is 52.1 Å². The van der Waals surface area contributed by atoms with E-state index in [0.717, 1.165) is 25.7 Å². The monoisotopic (exact) mass is 376 g/mol. The van der Waals surface area contributed by atoms with Crippen LogP contribution >= 0.6 is 0 Å². The fourth-order valence-corrected chi connectivity index (χ4v) is 3.50. The molecule has 0 spiro atoms. The zero-order valence-electron chi connectivity index (χ0n) is 14.8. The Balaban J connectivity index is 1.76. The molecule has 0 saturated carbocycles. The summed E-state index contributed by atoms with van der Waals surface area (Å²) in [5.74, 6) is 0. The number of nitrogens with one attached hydrogen (secondary N) is 1. The fourth-order valence-electron chi connectivity index (χ4n) is 3.50. The average Bonchev–Trinajstić information content (AvgIpc) is 2.87. The molecule has 8 heteroatoms. The molecule has 0 unspecified atom stereocenters. The second-order valence-electron chi connectivity index (χ2n) is 6.84. The number of rotatable bonds is 4. The number of hydrogen-bond donors (Lipinski definition) is 1. The predicted molar refractivity (Wildman–Crippen MR) is 96.6 cm³/mol. The summed E-state index contributed by atoms with van der Waals surface area (Å²) in [5, 5.41) is 0. The maximum absolute atomic E-state index is 13.2. The van der Waals surface area contributed by atoms with Gasteiger partial charge in [-0.3, -0.25) is 9.55 Å². The van der Waals surface area contributed by atoms with E-state index in [1.165, 1.54) is 25.6 Å². The van der Waals surface area contributed by atoms with Gasteiger partial charge in [0.05, 0.1) is 11.1 Å². The molecule has 1 saturated heterocycles. The van der Waals surface area contributed by atoms with Gasteiger partial charge in [0.15, 0.2) is 5.65 Å². The molecule has 1 N–H and O–H groups in total. The van der Waals surface area contributed by atoms with Gasteiger partial charge >= 0.3 is 11.9 Å². The minimum absolute atomic E-state index is 0.149. The average molecular weight is 376 g/mol. The topological polar surface area (TPSA) is 53.9 Å². The van der Waals surface area contributed by atoms with Crippen LogP contribution in [0.5, 0.6) is 0 Å². The minimum atomic E-state index is -4.41. The molecule has 142 valence electrons. The summed E-state index contributed by atoms with van der Waals surface area (Å²) in [5.41, 5.74) is 1.30. The molecule has 0 atom stereocenters. The second kappa shape index (κ2) is 6.53. The molecule has 27 heavy (non-hydrogen) atoms. The molecule has 0 bridgehead atoms. The first-order chi connectivity index (χ1) is 12.8. The number of imidazole rings is 1. The van der Waals surface area contributed by atoms with Gasteiger partial charge in [-0.2, -0.15) is 13.2 Å². The number of likely N-dealkylation sites (tertiary alicyclic amines) is 1. The third-order valence-electron chi connectivity index (χ3n) is 5.17. The van der Waals surface area contributed by atoms with Crippen LogP contribution in [0.2, 0.25) is 0 Å². The Hall–Kier alpha value is -2.61. The Bertz CT molecular complexity index is 1050. The van der Waals surface area contributed by atoms with Gasteiger partial charge in [-0.25, -0.2) is 9.78 Å². The molecule has 4 rings (SSSR count). The van der Waals surface area contributed by atoms with E-state index in [1.807, 2.05) is 0 Å². The maximum atomic E-state index is 13.2. The van der Waals surface area contributed by atoms with Gasteiger partial charge in [0.25, 0.3) is 0 Å². The molecule has 2 aromatic heterocycles. The lowest BCUT2D eigenvalue weighted by Crippen LogP contribution is -2.40. The summed E-state index contributed by atoms with van der Waals surface area (Å²) in [6.07, 6.45) is -1.74. The van der Waals surface area contributed by atoms with Crippen molar-refractivity contribution in [1.29, 1.82) is 0 Å². The molecule has 5 nitrogen and oxygen atoms in total. The Morgan fingerprint density at radius 2 is 2.00 bits per heavy atom. The molecule has 1 aliphatic rings. The van der Waals surface area contributed by atoms with E-state index in [1.54, 1.807) is 16.7 Å². The van der Waals surface area contributed by atoms with Crippen LogP contribution in [0.4, 0.5) is 13.2 Å². The largest absolute Gasteiger partial charge is 0.416 e. The summed E-state index contributed by atoms with van der Waals surface area (Å²) < 4.78 is 41.2. The molecule has 1 fully saturated rings. The lowest BCUT2D eigenvalue weighted by Gasteiger charge is -2.30. The summed E-state index contributed by atoms with van der Waals surface area (Å²) in [4.78, 5) is 21.5. The van der Waals surface area contributed by atoms with Crippen LogP contribution in [0, 0.1) is 6.92 Å². The minimum Gasteiger partial charge on any atom is -0.301 e. The molecule has 1 aromatic carbocycles. The molecular weight excluding hydrogens is 357 g/mol. The molecular formula is C19H19F3N4O. The predicted octanol–water partition coefficient (Wildman–Crippen LogP) is 3.42. The Morgan fingerprint density at radius 3 is 2.67 bits per heavy atom. The van der Waals surface area contributed by atoms with Crippen LogP contribution in [0.3, 0.4) is 0 Å². The van der Waals surface area contributed by atoms with Crippen LogP contribution in [-0.2, 0) is 12.7 Å². The van der Waals surface area contributed by atoms with Gasteiger partial charge in [-0.1, -0.05) is 12.1 Å². The highest BCUT2D eigenvalue weighted by Crippen LogP contribution is 2.36. The number of hydrogen-bond acceptors (Lipinski definition) is 3. The van der Waals surface area contributed by atoms with E-state index in [4.69, 9.17) is 0 Å². The lowest BCUT2D eigenvalue weighted by atomic mass is 9.97. The number of benzene rings is 1. The molecule has 0 radical (unpaired) electrons. The number of halogens is 3. The van der Waals surface area contributed by atoms with Crippen LogP contribution in [0.1, 0.15) is 17.5 Å². The SMILES string of the molecule is Cc1c(-c2cnc3[nH]c(=O)n(CCN4CCC4)c3c2)cccc1C(F)(F)F. The Morgan fingerprint density at radius 1 is 1.22 bits per heavy atom. The first-order valence-electron chi connectivity index (χ1n) is 8.83. The number of nitrogens with zero attached hydrogens (tertiary/aromatic N) is 3. The number of H-pyrrole nitrogens is 1. The quantitative estimate of drug-likeness (QED) is 0.759. The first kappa shape index (κ1) is 17.8. The van der Waals surface area contributed by atoms with Crippen molar-refractivity contribution >= 4 is 11.2 Å². The van der Waals surface area contributed by atoms with Crippen LogP contribution in [-0.4, -0.2) is 39.1 Å². The normalized spacial score (nSPS) is 15.3. The van der Waals surface area contributed by atoms with Gasteiger partial charge in [0.2, 0.25) is 0 Å². The fraction of sp³-hybridized carbons (Fsp3) is 0.368. The Kier molecular flexibility index (Phi) is 4.30. The van der Waals surface area contributed by atoms with Crippen LogP contribution in [0.15, 0.2) is 35.3 Å². The molecule has 1 aliphatic heterocycles. The van der Waals surface area contributed by atoms with E-state index in [-0.39, 0.29) is 11.3 Å². The van der Waals surface area contributed by atoms with Crippen molar-refractivity contribution in [2.45, 2.75) is 26.1 Å². The van der Waals surface area contributed by atoms with E-state index in [2.05, 4.69) is 14.9 Å². The summed E-state index contributed by atoms with van der Waals surface area (Å²) in [6.45, 7) is 4.80. The van der Waals surface area contributed by atoms with E-state index in [9.17, 15) is 18.0 Å². The zero-order chi connectivity index (χ0) is 19.2. The van der Waals surface area contributed by atoms with Gasteiger partial charge < -0.3 is 4.90 Å². The first-order valence-corrected chi connectivity index (χ1v) is 8.83. The van der Waals surface area contributed by atoms with Crippen LogP contribution < -0.4 is 5.69 Å². The van der Waals surface area contributed by atoms with Gasteiger partial charge in [0, 0.05) is 24.8 Å². The standard InChI is InChI=1S/C19H19F3N4O/c1-12-14(4-2-5-15(12)19(20,21)22)13-10-16-17(23-11-13)24-18(27)26(16)9-8-25-6-3-7-25/h2,4-5,10-11H,3,6-9H2,1H3,(H,23,24,27). The highest BCUT2D eigenvalue weighted by atomic mass is 19.4. The number of aromatic amines is 1. The zero-order valence-corrected chi connectivity index (χ0v) is 14.8. The maximum Gasteiger partial charge on any atom is 0.416 e. The molecule has 0 amide bonds. The summed E-state index contributed by atoms with van der Waals surface area (Å²) in [7, 11) is 0. The van der Waals surface area contributed by atoms with Crippen molar-refractivity contribution in [2.24, 2.45) is 0 Å².